The number of methoxy groups -OCH3 is 2. The molecule has 0 bridgehead atoms. The van der Waals surface area contributed by atoms with Crippen molar-refractivity contribution in [1.29, 1.82) is 0 Å². The van der Waals surface area contributed by atoms with Gasteiger partial charge in [-0.05, 0) is 25.0 Å². The first kappa shape index (κ1) is 15.1. The molecule has 1 aromatic carbocycles. The first-order valence-corrected chi connectivity index (χ1v) is 6.96. The lowest BCUT2D eigenvalue weighted by Gasteiger charge is -2.21. The predicted octanol–water partition coefficient (Wildman–Crippen LogP) is 1.51. The van der Waals surface area contributed by atoms with Crippen molar-refractivity contribution in [3.05, 3.63) is 23.8 Å². The van der Waals surface area contributed by atoms with Crippen LogP contribution in [0.2, 0.25) is 0 Å². The van der Waals surface area contributed by atoms with Gasteiger partial charge in [0.05, 0.1) is 33.0 Å². The van der Waals surface area contributed by atoms with Crippen LogP contribution in [0.1, 0.15) is 24.4 Å². The highest BCUT2D eigenvalue weighted by Gasteiger charge is 2.20. The molecule has 2 unspecified atom stereocenters. The first-order chi connectivity index (χ1) is 9.78. The van der Waals surface area contributed by atoms with E-state index in [4.69, 9.17) is 14.2 Å². The number of aliphatic hydroxyl groups excluding tert-OH is 1. The lowest BCUT2D eigenvalue weighted by Crippen LogP contribution is -2.32. The zero-order valence-corrected chi connectivity index (χ0v) is 12.1. The Morgan fingerprint density at radius 2 is 2.25 bits per heavy atom. The Bertz CT molecular complexity index is 418. The van der Waals surface area contributed by atoms with E-state index in [-0.39, 0.29) is 18.8 Å². The van der Waals surface area contributed by atoms with Crippen LogP contribution in [0.15, 0.2) is 18.2 Å². The van der Waals surface area contributed by atoms with Gasteiger partial charge < -0.3 is 24.6 Å². The molecule has 2 atom stereocenters. The van der Waals surface area contributed by atoms with E-state index >= 15 is 0 Å². The minimum atomic E-state index is -0.167. The second-order valence-electron chi connectivity index (χ2n) is 4.89. The van der Waals surface area contributed by atoms with Gasteiger partial charge in [-0.25, -0.2) is 0 Å². The van der Waals surface area contributed by atoms with E-state index < -0.39 is 0 Å². The Balaban J connectivity index is 2.05. The molecule has 0 amide bonds. The van der Waals surface area contributed by atoms with Crippen molar-refractivity contribution in [1.82, 2.24) is 5.32 Å². The van der Waals surface area contributed by atoms with Crippen LogP contribution in [0.3, 0.4) is 0 Å². The summed E-state index contributed by atoms with van der Waals surface area (Å²) in [5.41, 5.74) is 0.925. The standard InChI is InChI=1S/C15H23NO4/c1-18-11-5-6-13(15(8-11)19-2)14(10-17)16-9-12-4-3-7-20-12/h5-6,8,12,14,16-17H,3-4,7,9-10H2,1-2H3. The van der Waals surface area contributed by atoms with Gasteiger partial charge in [0.25, 0.3) is 0 Å². The van der Waals surface area contributed by atoms with Gasteiger partial charge in [-0.1, -0.05) is 0 Å². The smallest absolute Gasteiger partial charge is 0.127 e. The molecule has 2 N–H and O–H groups in total. The summed E-state index contributed by atoms with van der Waals surface area (Å²) in [4.78, 5) is 0. The third-order valence-electron chi connectivity index (χ3n) is 3.61. The molecule has 0 aliphatic carbocycles. The van der Waals surface area contributed by atoms with E-state index in [1.54, 1.807) is 14.2 Å². The van der Waals surface area contributed by atoms with Gasteiger partial charge in [-0.3, -0.25) is 0 Å². The number of hydrogen-bond donors (Lipinski definition) is 2. The maximum atomic E-state index is 9.61. The molecular weight excluding hydrogens is 258 g/mol. The summed E-state index contributed by atoms with van der Waals surface area (Å²) in [5.74, 6) is 1.45. The summed E-state index contributed by atoms with van der Waals surface area (Å²) < 4.78 is 16.1. The van der Waals surface area contributed by atoms with Crippen LogP contribution in [0.25, 0.3) is 0 Å². The molecule has 112 valence electrons. The van der Waals surface area contributed by atoms with Crippen LogP contribution in [0, 0.1) is 0 Å². The van der Waals surface area contributed by atoms with Gasteiger partial charge >= 0.3 is 0 Å². The van der Waals surface area contributed by atoms with Gasteiger partial charge in [-0.2, -0.15) is 0 Å². The highest BCUT2D eigenvalue weighted by atomic mass is 16.5. The van der Waals surface area contributed by atoms with Crippen LogP contribution < -0.4 is 14.8 Å². The molecule has 1 heterocycles. The zero-order valence-electron chi connectivity index (χ0n) is 12.1. The van der Waals surface area contributed by atoms with Crippen LogP contribution in [0.5, 0.6) is 11.5 Å². The van der Waals surface area contributed by atoms with Crippen molar-refractivity contribution in [2.75, 3.05) is 34.0 Å². The van der Waals surface area contributed by atoms with Gasteiger partial charge in [0.15, 0.2) is 0 Å². The fourth-order valence-corrected chi connectivity index (χ4v) is 2.46. The molecule has 1 aliphatic rings. The van der Waals surface area contributed by atoms with Crippen molar-refractivity contribution in [3.63, 3.8) is 0 Å². The number of hydrogen-bond acceptors (Lipinski definition) is 5. The molecule has 5 heteroatoms. The molecular formula is C15H23NO4. The third-order valence-corrected chi connectivity index (χ3v) is 3.61. The van der Waals surface area contributed by atoms with Crippen LogP contribution >= 0.6 is 0 Å². The second kappa shape index (κ2) is 7.47. The van der Waals surface area contributed by atoms with E-state index in [2.05, 4.69) is 5.32 Å². The quantitative estimate of drug-likeness (QED) is 0.793. The van der Waals surface area contributed by atoms with Gasteiger partial charge in [0.2, 0.25) is 0 Å². The lowest BCUT2D eigenvalue weighted by atomic mass is 10.1. The number of aliphatic hydroxyl groups is 1. The average molecular weight is 281 g/mol. The molecule has 1 saturated heterocycles. The SMILES string of the molecule is COc1ccc(C(CO)NCC2CCCO2)c(OC)c1. The summed E-state index contributed by atoms with van der Waals surface area (Å²) in [6.07, 6.45) is 2.43. The molecule has 0 spiro atoms. The Hall–Kier alpha value is -1.30. The van der Waals surface area contributed by atoms with Gasteiger partial charge in [0.1, 0.15) is 11.5 Å². The fourth-order valence-electron chi connectivity index (χ4n) is 2.46. The molecule has 0 radical (unpaired) electrons. The van der Waals surface area contributed by atoms with E-state index in [1.165, 1.54) is 0 Å². The number of ether oxygens (including phenoxy) is 3. The van der Waals surface area contributed by atoms with Crippen LogP contribution in [0.4, 0.5) is 0 Å². The molecule has 5 nitrogen and oxygen atoms in total. The summed E-state index contributed by atoms with van der Waals surface area (Å²) in [7, 11) is 3.24. The van der Waals surface area contributed by atoms with E-state index in [9.17, 15) is 5.11 Å². The van der Waals surface area contributed by atoms with Gasteiger partial charge in [-0.15, -0.1) is 0 Å². The summed E-state index contributed by atoms with van der Waals surface area (Å²) >= 11 is 0. The maximum absolute atomic E-state index is 9.61. The Labute approximate surface area is 119 Å². The van der Waals surface area contributed by atoms with Crippen molar-refractivity contribution < 1.29 is 19.3 Å². The fraction of sp³-hybridized carbons (Fsp3) is 0.600. The van der Waals surface area contributed by atoms with Crippen molar-refractivity contribution in [2.24, 2.45) is 0 Å². The Kier molecular flexibility index (Phi) is 5.64. The van der Waals surface area contributed by atoms with Crippen molar-refractivity contribution in [3.8, 4) is 11.5 Å². The molecule has 0 aromatic heterocycles. The molecule has 1 aliphatic heterocycles. The molecule has 20 heavy (non-hydrogen) atoms. The van der Waals surface area contributed by atoms with Crippen LogP contribution in [-0.2, 0) is 4.74 Å². The number of nitrogens with one attached hydrogen (secondary N) is 1. The molecule has 1 fully saturated rings. The first-order valence-electron chi connectivity index (χ1n) is 6.96. The Morgan fingerprint density at radius 1 is 1.40 bits per heavy atom. The largest absolute Gasteiger partial charge is 0.497 e. The van der Waals surface area contributed by atoms with Crippen LogP contribution in [-0.4, -0.2) is 45.2 Å². The highest BCUT2D eigenvalue weighted by Crippen LogP contribution is 2.29. The van der Waals surface area contributed by atoms with Crippen molar-refractivity contribution in [2.45, 2.75) is 25.0 Å². The van der Waals surface area contributed by atoms with E-state index in [0.29, 0.717) is 5.75 Å². The van der Waals surface area contributed by atoms with Crippen molar-refractivity contribution >= 4 is 0 Å². The number of benzene rings is 1. The second-order valence-corrected chi connectivity index (χ2v) is 4.89. The number of rotatable bonds is 7. The maximum Gasteiger partial charge on any atom is 0.127 e. The summed E-state index contributed by atoms with van der Waals surface area (Å²) in [5, 5.41) is 13.0. The average Bonchev–Trinajstić information content (AvgIpc) is 3.01. The molecule has 2 rings (SSSR count). The normalized spacial score (nSPS) is 19.9. The third kappa shape index (κ3) is 3.62. The summed E-state index contributed by atoms with van der Waals surface area (Å²) in [6, 6.07) is 5.45. The highest BCUT2D eigenvalue weighted by molar-refractivity contribution is 5.42. The Morgan fingerprint density at radius 3 is 2.85 bits per heavy atom. The predicted molar refractivity (Wildman–Crippen MR) is 76.3 cm³/mol. The molecule has 0 saturated carbocycles. The minimum Gasteiger partial charge on any atom is -0.497 e. The summed E-state index contributed by atoms with van der Waals surface area (Å²) in [6.45, 7) is 1.58. The van der Waals surface area contributed by atoms with Gasteiger partial charge in [0, 0.05) is 24.8 Å². The topological polar surface area (TPSA) is 60.0 Å². The van der Waals surface area contributed by atoms with E-state index in [1.807, 2.05) is 18.2 Å². The molecule has 1 aromatic rings. The minimum absolute atomic E-state index is 0.00933. The van der Waals surface area contributed by atoms with E-state index in [0.717, 1.165) is 37.3 Å². The monoisotopic (exact) mass is 281 g/mol. The zero-order chi connectivity index (χ0) is 14.4. The lowest BCUT2D eigenvalue weighted by molar-refractivity contribution is 0.103.